The lowest BCUT2D eigenvalue weighted by Gasteiger charge is -2.40. The Bertz CT molecular complexity index is 1020. The minimum Gasteiger partial charge on any atom is -0.371 e. The number of nitriles is 1. The standard InChI is InChI=1S/C23H24Br2N4O3/c24-18-10-19(25)21(27-11-18)23(14-26)4-7-28(8-5-23)12-16-9-17(13-32-15-30)22(31)29-6-2-1-3-20(16)29/h1-3,6,10-11,17,30H,4-5,7-9,12-13,15H2. The molecule has 3 aliphatic rings. The number of aliphatic hydroxyl groups is 1. The number of likely N-dealkylation sites (tertiary alicyclic amines) is 1. The number of piperidine rings is 1. The van der Waals surface area contributed by atoms with Gasteiger partial charge in [-0.2, -0.15) is 5.26 Å². The van der Waals surface area contributed by atoms with Gasteiger partial charge < -0.3 is 9.84 Å². The minimum atomic E-state index is -0.618. The fraction of sp³-hybridized carbons (Fsp3) is 0.435. The van der Waals surface area contributed by atoms with Gasteiger partial charge in [0.1, 0.15) is 12.2 Å². The monoisotopic (exact) mass is 562 g/mol. The highest BCUT2D eigenvalue weighted by Crippen LogP contribution is 2.39. The number of carbonyl (C=O) groups is 1. The normalized spacial score (nSPS) is 22.8. The summed E-state index contributed by atoms with van der Waals surface area (Å²) in [6, 6.07) is 4.48. The number of rotatable bonds is 6. The predicted molar refractivity (Wildman–Crippen MR) is 126 cm³/mol. The second kappa shape index (κ2) is 9.98. The average Bonchev–Trinajstić information content (AvgIpc) is 2.81. The quantitative estimate of drug-likeness (QED) is 0.532. The molecule has 1 atom stereocenters. The van der Waals surface area contributed by atoms with E-state index in [1.807, 2.05) is 24.3 Å². The van der Waals surface area contributed by atoms with E-state index in [2.05, 4.69) is 47.8 Å². The van der Waals surface area contributed by atoms with E-state index in [-0.39, 0.29) is 18.4 Å². The molecule has 32 heavy (non-hydrogen) atoms. The van der Waals surface area contributed by atoms with Gasteiger partial charge >= 0.3 is 0 Å². The maximum Gasteiger partial charge on any atom is 0.236 e. The van der Waals surface area contributed by atoms with Crippen molar-refractivity contribution in [2.75, 3.05) is 33.0 Å². The molecule has 1 aromatic heterocycles. The van der Waals surface area contributed by atoms with Crippen LogP contribution in [-0.4, -0.2) is 58.8 Å². The van der Waals surface area contributed by atoms with E-state index in [0.717, 1.165) is 40.0 Å². The SMILES string of the molecule is N#CC1(c2ncc(Br)cc2Br)CCN(CC2=C3C=CC=CN3C(=O)C(COCO)C2)CC1. The molecule has 9 heteroatoms. The summed E-state index contributed by atoms with van der Waals surface area (Å²) in [6.07, 6.45) is 11.3. The van der Waals surface area contributed by atoms with E-state index in [1.165, 1.54) is 5.57 Å². The third kappa shape index (κ3) is 4.61. The molecule has 4 heterocycles. The van der Waals surface area contributed by atoms with E-state index in [9.17, 15) is 10.1 Å². The number of hydrogen-bond acceptors (Lipinski definition) is 6. The van der Waals surface area contributed by atoms with Crippen LogP contribution in [0, 0.1) is 17.2 Å². The smallest absolute Gasteiger partial charge is 0.236 e. The lowest BCUT2D eigenvalue weighted by Crippen LogP contribution is -2.45. The fourth-order valence-electron chi connectivity index (χ4n) is 4.61. The van der Waals surface area contributed by atoms with Crippen molar-refractivity contribution in [3.05, 3.63) is 62.6 Å². The highest BCUT2D eigenvalue weighted by Gasteiger charge is 2.40. The number of allylic oxidation sites excluding steroid dienone is 3. The molecule has 0 aliphatic carbocycles. The maximum atomic E-state index is 12.8. The molecule has 0 aromatic carbocycles. The molecule has 1 amide bonds. The molecule has 0 radical (unpaired) electrons. The Kier molecular flexibility index (Phi) is 7.27. The summed E-state index contributed by atoms with van der Waals surface area (Å²) in [4.78, 5) is 21.4. The van der Waals surface area contributed by atoms with Gasteiger partial charge in [-0.05, 0) is 74.9 Å². The van der Waals surface area contributed by atoms with E-state index < -0.39 is 12.2 Å². The number of ether oxygens (including phenoxy) is 1. The van der Waals surface area contributed by atoms with Gasteiger partial charge in [-0.1, -0.05) is 6.08 Å². The van der Waals surface area contributed by atoms with E-state index in [0.29, 0.717) is 19.3 Å². The molecule has 0 saturated carbocycles. The molecular formula is C23H24Br2N4O3. The highest BCUT2D eigenvalue weighted by molar-refractivity contribution is 9.11. The third-order valence-corrected chi connectivity index (χ3v) is 7.35. The van der Waals surface area contributed by atoms with Gasteiger partial charge in [0.05, 0.1) is 24.3 Å². The van der Waals surface area contributed by atoms with Crippen molar-refractivity contribution in [1.82, 2.24) is 14.8 Å². The summed E-state index contributed by atoms with van der Waals surface area (Å²) >= 11 is 7.01. The molecular weight excluding hydrogens is 540 g/mol. The lowest BCUT2D eigenvalue weighted by molar-refractivity contribution is -0.135. The lowest BCUT2D eigenvalue weighted by atomic mass is 9.76. The van der Waals surface area contributed by atoms with Crippen molar-refractivity contribution in [1.29, 1.82) is 5.26 Å². The molecule has 1 N–H and O–H groups in total. The van der Waals surface area contributed by atoms with Gasteiger partial charge in [-0.3, -0.25) is 19.6 Å². The van der Waals surface area contributed by atoms with Crippen LogP contribution in [0.25, 0.3) is 0 Å². The first-order chi connectivity index (χ1) is 15.5. The zero-order valence-corrected chi connectivity index (χ0v) is 20.7. The number of halogens is 2. The van der Waals surface area contributed by atoms with Crippen LogP contribution in [0.5, 0.6) is 0 Å². The number of nitrogens with zero attached hydrogens (tertiary/aromatic N) is 4. The first-order valence-corrected chi connectivity index (χ1v) is 12.1. The van der Waals surface area contributed by atoms with Crippen LogP contribution in [0.3, 0.4) is 0 Å². The minimum absolute atomic E-state index is 0.00824. The van der Waals surface area contributed by atoms with Crippen LogP contribution in [0.15, 0.2) is 56.9 Å². The fourth-order valence-corrected chi connectivity index (χ4v) is 5.98. The number of amides is 1. The number of fused-ring (bicyclic) bond motifs is 1. The number of pyridine rings is 1. The summed E-state index contributed by atoms with van der Waals surface area (Å²) in [5, 5.41) is 19.1. The summed E-state index contributed by atoms with van der Waals surface area (Å²) < 4.78 is 6.87. The molecule has 7 nitrogen and oxygen atoms in total. The summed E-state index contributed by atoms with van der Waals surface area (Å²) in [5.41, 5.74) is 2.27. The molecule has 168 valence electrons. The Labute approximate surface area is 204 Å². The first-order valence-electron chi connectivity index (χ1n) is 10.5. The number of carbonyl (C=O) groups excluding carboxylic acids is 1. The van der Waals surface area contributed by atoms with Crippen LogP contribution in [0.1, 0.15) is 25.0 Å². The van der Waals surface area contributed by atoms with Gasteiger partial charge in [-0.15, -0.1) is 0 Å². The summed E-state index contributed by atoms with van der Waals surface area (Å²) in [6.45, 7) is 2.05. The van der Waals surface area contributed by atoms with E-state index in [4.69, 9.17) is 9.84 Å². The van der Waals surface area contributed by atoms with Crippen LogP contribution in [-0.2, 0) is 14.9 Å². The van der Waals surface area contributed by atoms with Crippen molar-refractivity contribution in [2.24, 2.45) is 5.92 Å². The second-order valence-corrected chi connectivity index (χ2v) is 10.0. The number of aromatic nitrogens is 1. The van der Waals surface area contributed by atoms with Crippen LogP contribution in [0.4, 0.5) is 0 Å². The Hall–Kier alpha value is -1.83. The van der Waals surface area contributed by atoms with E-state index in [1.54, 1.807) is 17.3 Å². The average molecular weight is 564 g/mol. The number of hydrogen-bond donors (Lipinski definition) is 1. The van der Waals surface area contributed by atoms with Gasteiger partial charge in [0.15, 0.2) is 0 Å². The molecule has 1 saturated heterocycles. The Morgan fingerprint density at radius 3 is 2.78 bits per heavy atom. The Morgan fingerprint density at radius 2 is 2.09 bits per heavy atom. The largest absolute Gasteiger partial charge is 0.371 e. The molecule has 1 fully saturated rings. The van der Waals surface area contributed by atoms with Crippen molar-refractivity contribution in [3.8, 4) is 6.07 Å². The second-order valence-electron chi connectivity index (χ2n) is 8.25. The van der Waals surface area contributed by atoms with Gasteiger partial charge in [0.2, 0.25) is 5.91 Å². The zero-order chi connectivity index (χ0) is 22.7. The molecule has 1 aromatic rings. The third-order valence-electron chi connectivity index (χ3n) is 6.31. The van der Waals surface area contributed by atoms with Crippen molar-refractivity contribution < 1.29 is 14.6 Å². The molecule has 3 aliphatic heterocycles. The zero-order valence-electron chi connectivity index (χ0n) is 17.5. The van der Waals surface area contributed by atoms with Gasteiger partial charge in [-0.25, -0.2) is 0 Å². The van der Waals surface area contributed by atoms with Crippen molar-refractivity contribution in [2.45, 2.75) is 24.7 Å². The predicted octanol–water partition coefficient (Wildman–Crippen LogP) is 3.62. The van der Waals surface area contributed by atoms with Gasteiger partial charge in [0, 0.05) is 46.7 Å². The molecule has 4 rings (SSSR count). The highest BCUT2D eigenvalue weighted by atomic mass is 79.9. The molecule has 1 unspecified atom stereocenters. The topological polar surface area (TPSA) is 89.7 Å². The van der Waals surface area contributed by atoms with E-state index >= 15 is 0 Å². The van der Waals surface area contributed by atoms with Crippen molar-refractivity contribution >= 4 is 37.8 Å². The molecule has 0 bridgehead atoms. The van der Waals surface area contributed by atoms with Crippen LogP contribution >= 0.6 is 31.9 Å². The Balaban J connectivity index is 1.50. The van der Waals surface area contributed by atoms with Crippen LogP contribution in [0.2, 0.25) is 0 Å². The van der Waals surface area contributed by atoms with Gasteiger partial charge in [0.25, 0.3) is 0 Å². The van der Waals surface area contributed by atoms with Crippen molar-refractivity contribution in [3.63, 3.8) is 0 Å². The first kappa shape index (κ1) is 23.3. The maximum absolute atomic E-state index is 12.8. The van der Waals surface area contributed by atoms with Crippen LogP contribution < -0.4 is 0 Å². The summed E-state index contributed by atoms with van der Waals surface area (Å²) in [5.74, 6) is -0.325. The summed E-state index contributed by atoms with van der Waals surface area (Å²) in [7, 11) is 0. The number of aliphatic hydroxyl groups excluding tert-OH is 1. The molecule has 0 spiro atoms. The Morgan fingerprint density at radius 1 is 1.31 bits per heavy atom.